The number of nitrogens with zero attached hydrogens (tertiary/aromatic N) is 2. The van der Waals surface area contributed by atoms with Crippen LogP contribution in [0.15, 0.2) is 24.3 Å². The Morgan fingerprint density at radius 3 is 2.71 bits per heavy atom. The van der Waals surface area contributed by atoms with E-state index in [9.17, 15) is 13.2 Å². The molecule has 1 aromatic rings. The van der Waals surface area contributed by atoms with Crippen LogP contribution in [0.1, 0.15) is 37.3 Å². The molecular formula is C18H26N2O3S. The molecule has 6 heteroatoms. The van der Waals surface area contributed by atoms with Gasteiger partial charge in [-0.25, -0.2) is 12.7 Å². The van der Waals surface area contributed by atoms with Gasteiger partial charge in [-0.1, -0.05) is 31.2 Å². The molecule has 2 aliphatic heterocycles. The highest BCUT2D eigenvalue weighted by molar-refractivity contribution is 7.89. The van der Waals surface area contributed by atoms with Gasteiger partial charge in [-0.2, -0.15) is 0 Å². The molecule has 0 aromatic heterocycles. The minimum atomic E-state index is -3.22. The average Bonchev–Trinajstić information content (AvgIpc) is 2.61. The predicted molar refractivity (Wildman–Crippen MR) is 93.9 cm³/mol. The molecule has 2 heterocycles. The Labute approximate surface area is 144 Å². The second kappa shape index (κ2) is 7.23. The first-order chi connectivity index (χ1) is 11.5. The molecule has 1 saturated heterocycles. The van der Waals surface area contributed by atoms with Crippen LogP contribution in [0.4, 0.5) is 0 Å². The topological polar surface area (TPSA) is 57.7 Å². The van der Waals surface area contributed by atoms with E-state index in [4.69, 9.17) is 0 Å². The summed E-state index contributed by atoms with van der Waals surface area (Å²) < 4.78 is 26.1. The Kier molecular flexibility index (Phi) is 5.25. The predicted octanol–water partition coefficient (Wildman–Crippen LogP) is 2.02. The lowest BCUT2D eigenvalue weighted by molar-refractivity contribution is -0.137. The highest BCUT2D eigenvalue weighted by Crippen LogP contribution is 2.25. The fraction of sp³-hybridized carbons (Fsp3) is 0.611. The normalized spacial score (nSPS) is 22.2. The lowest BCUT2D eigenvalue weighted by Crippen LogP contribution is -2.48. The third kappa shape index (κ3) is 3.64. The zero-order valence-corrected chi connectivity index (χ0v) is 15.1. The van der Waals surface area contributed by atoms with E-state index in [1.807, 2.05) is 24.0 Å². The molecule has 1 fully saturated rings. The summed E-state index contributed by atoms with van der Waals surface area (Å²) in [6, 6.07) is 8.24. The van der Waals surface area contributed by atoms with Gasteiger partial charge in [0.15, 0.2) is 0 Å². The molecule has 24 heavy (non-hydrogen) atoms. The van der Waals surface area contributed by atoms with E-state index in [0.29, 0.717) is 26.1 Å². The minimum absolute atomic E-state index is 0.112. The molecule has 2 aliphatic rings. The van der Waals surface area contributed by atoms with Crippen LogP contribution in [0.2, 0.25) is 0 Å². The number of amides is 1. The second-order valence-electron chi connectivity index (χ2n) is 6.79. The maximum absolute atomic E-state index is 12.9. The number of carbonyl (C=O) groups excluding carboxylic acids is 1. The third-order valence-corrected chi connectivity index (χ3v) is 7.07. The Morgan fingerprint density at radius 2 is 1.96 bits per heavy atom. The van der Waals surface area contributed by atoms with Crippen molar-refractivity contribution in [1.82, 2.24) is 9.21 Å². The molecule has 0 radical (unpaired) electrons. The molecule has 0 aliphatic carbocycles. The number of piperidine rings is 1. The Morgan fingerprint density at radius 1 is 1.21 bits per heavy atom. The Balaban J connectivity index is 1.67. The summed E-state index contributed by atoms with van der Waals surface area (Å²) in [5, 5.41) is 0. The first-order valence-electron chi connectivity index (χ1n) is 8.84. The lowest BCUT2D eigenvalue weighted by Gasteiger charge is -2.36. The van der Waals surface area contributed by atoms with E-state index in [1.54, 1.807) is 0 Å². The van der Waals surface area contributed by atoms with Crippen LogP contribution in [-0.2, 0) is 27.8 Å². The van der Waals surface area contributed by atoms with Crippen molar-refractivity contribution >= 4 is 15.9 Å². The quantitative estimate of drug-likeness (QED) is 0.835. The monoisotopic (exact) mass is 350 g/mol. The Hall–Kier alpha value is -1.40. The van der Waals surface area contributed by atoms with E-state index in [-0.39, 0.29) is 17.6 Å². The zero-order chi connectivity index (χ0) is 17.2. The minimum Gasteiger partial charge on any atom is -0.338 e. The van der Waals surface area contributed by atoms with Gasteiger partial charge in [0.1, 0.15) is 0 Å². The number of carbonyl (C=O) groups is 1. The van der Waals surface area contributed by atoms with Gasteiger partial charge >= 0.3 is 0 Å². The lowest BCUT2D eigenvalue weighted by atomic mass is 9.95. The summed E-state index contributed by atoms with van der Waals surface area (Å²) in [6.45, 7) is 4.14. The summed E-state index contributed by atoms with van der Waals surface area (Å²) in [5.74, 6) is 0.0851. The van der Waals surface area contributed by atoms with Gasteiger partial charge in [-0.05, 0) is 36.8 Å². The van der Waals surface area contributed by atoms with Crippen molar-refractivity contribution in [2.45, 2.75) is 39.2 Å². The van der Waals surface area contributed by atoms with Gasteiger partial charge < -0.3 is 4.90 Å². The Bertz CT molecular complexity index is 702. The first-order valence-corrected chi connectivity index (χ1v) is 10.5. The first kappa shape index (κ1) is 17.4. The van der Waals surface area contributed by atoms with Crippen LogP contribution in [0.25, 0.3) is 0 Å². The summed E-state index contributed by atoms with van der Waals surface area (Å²) in [5.41, 5.74) is 2.53. The van der Waals surface area contributed by atoms with Crippen LogP contribution in [0.5, 0.6) is 0 Å². The van der Waals surface area contributed by atoms with Crippen molar-refractivity contribution in [2.75, 3.05) is 25.4 Å². The number of hydrogen-bond donors (Lipinski definition) is 0. The number of hydrogen-bond acceptors (Lipinski definition) is 3. The van der Waals surface area contributed by atoms with Gasteiger partial charge in [-0.15, -0.1) is 0 Å². The summed E-state index contributed by atoms with van der Waals surface area (Å²) in [6.07, 6.45) is 3.05. The summed E-state index contributed by atoms with van der Waals surface area (Å²) >= 11 is 0. The van der Waals surface area contributed by atoms with Crippen LogP contribution < -0.4 is 0 Å². The fourth-order valence-corrected chi connectivity index (χ4v) is 5.31. The molecule has 0 N–H and O–H groups in total. The van der Waals surface area contributed by atoms with Crippen molar-refractivity contribution in [1.29, 1.82) is 0 Å². The van der Waals surface area contributed by atoms with E-state index in [2.05, 4.69) is 12.1 Å². The SMILES string of the molecule is CCCS(=O)(=O)N1CCC[C@@H](C(=O)N2CCc3ccccc3C2)C1. The number of sulfonamides is 1. The zero-order valence-electron chi connectivity index (χ0n) is 14.3. The van der Waals surface area contributed by atoms with Crippen LogP contribution in [0.3, 0.4) is 0 Å². The number of rotatable bonds is 4. The van der Waals surface area contributed by atoms with E-state index >= 15 is 0 Å². The largest absolute Gasteiger partial charge is 0.338 e. The molecule has 1 amide bonds. The molecule has 0 saturated carbocycles. The molecule has 0 bridgehead atoms. The van der Waals surface area contributed by atoms with Crippen LogP contribution in [0, 0.1) is 5.92 Å². The maximum atomic E-state index is 12.9. The summed E-state index contributed by atoms with van der Waals surface area (Å²) in [7, 11) is -3.22. The van der Waals surface area contributed by atoms with E-state index in [0.717, 1.165) is 25.8 Å². The highest BCUT2D eigenvalue weighted by atomic mass is 32.2. The second-order valence-corrected chi connectivity index (χ2v) is 8.88. The smallest absolute Gasteiger partial charge is 0.227 e. The molecule has 0 spiro atoms. The maximum Gasteiger partial charge on any atom is 0.227 e. The van der Waals surface area contributed by atoms with Crippen molar-refractivity contribution < 1.29 is 13.2 Å². The highest BCUT2D eigenvalue weighted by Gasteiger charge is 2.34. The molecule has 1 aromatic carbocycles. The molecule has 0 unspecified atom stereocenters. The van der Waals surface area contributed by atoms with E-state index in [1.165, 1.54) is 15.4 Å². The molecule has 3 rings (SSSR count). The average molecular weight is 350 g/mol. The molecule has 5 nitrogen and oxygen atoms in total. The van der Waals surface area contributed by atoms with Crippen molar-refractivity contribution in [3.05, 3.63) is 35.4 Å². The fourth-order valence-electron chi connectivity index (χ4n) is 3.73. The van der Waals surface area contributed by atoms with Gasteiger partial charge in [0, 0.05) is 26.2 Å². The summed E-state index contributed by atoms with van der Waals surface area (Å²) in [4.78, 5) is 14.8. The number of benzene rings is 1. The molecular weight excluding hydrogens is 324 g/mol. The van der Waals surface area contributed by atoms with Gasteiger partial charge in [0.05, 0.1) is 11.7 Å². The van der Waals surface area contributed by atoms with E-state index < -0.39 is 10.0 Å². The third-order valence-electron chi connectivity index (χ3n) is 5.03. The molecule has 1 atom stereocenters. The standard InChI is InChI=1S/C18H26N2O3S/c1-2-12-24(22,23)20-10-5-8-17(14-20)18(21)19-11-9-15-6-3-4-7-16(15)13-19/h3-4,6-7,17H,2,5,8-14H2,1H3/t17-/m1/s1. The van der Waals surface area contributed by atoms with Crippen LogP contribution >= 0.6 is 0 Å². The van der Waals surface area contributed by atoms with Gasteiger partial charge in [-0.3, -0.25) is 4.79 Å². The van der Waals surface area contributed by atoms with Gasteiger partial charge in [0.25, 0.3) is 0 Å². The van der Waals surface area contributed by atoms with Crippen molar-refractivity contribution in [3.8, 4) is 0 Å². The van der Waals surface area contributed by atoms with Crippen LogP contribution in [-0.4, -0.2) is 48.9 Å². The van der Waals surface area contributed by atoms with Crippen molar-refractivity contribution in [3.63, 3.8) is 0 Å². The number of fused-ring (bicyclic) bond motifs is 1. The van der Waals surface area contributed by atoms with Crippen molar-refractivity contribution in [2.24, 2.45) is 5.92 Å². The molecule has 132 valence electrons. The van der Waals surface area contributed by atoms with Gasteiger partial charge in [0.2, 0.25) is 15.9 Å².